The van der Waals surface area contributed by atoms with Crippen LogP contribution in [0.15, 0.2) is 24.3 Å². The van der Waals surface area contributed by atoms with Gasteiger partial charge >= 0.3 is 0 Å². The van der Waals surface area contributed by atoms with Crippen molar-refractivity contribution in [2.24, 2.45) is 0 Å². The minimum absolute atomic E-state index is 0.380. The van der Waals surface area contributed by atoms with Gasteiger partial charge in [0.25, 0.3) is 0 Å². The summed E-state index contributed by atoms with van der Waals surface area (Å²) in [4.78, 5) is 0. The van der Waals surface area contributed by atoms with Crippen LogP contribution in [0.1, 0.15) is 20.3 Å². The van der Waals surface area contributed by atoms with Crippen molar-refractivity contribution in [3.63, 3.8) is 0 Å². The zero-order valence-corrected chi connectivity index (χ0v) is 10.7. The summed E-state index contributed by atoms with van der Waals surface area (Å²) < 4.78 is 5.13. The second-order valence-corrected chi connectivity index (χ2v) is 4.05. The van der Waals surface area contributed by atoms with Gasteiger partial charge in [-0.15, -0.1) is 0 Å². The summed E-state index contributed by atoms with van der Waals surface area (Å²) in [7, 11) is 1.65. The summed E-state index contributed by atoms with van der Waals surface area (Å²) in [6, 6.07) is 8.06. The van der Waals surface area contributed by atoms with Crippen LogP contribution in [0.4, 0.5) is 5.69 Å². The van der Waals surface area contributed by atoms with Crippen LogP contribution in [0.5, 0.6) is 5.75 Å². The molecule has 0 saturated heterocycles. The Morgan fingerprint density at radius 3 is 2.88 bits per heavy atom. The molecular formula is C12H18N2OS. The number of methoxy groups -OCH3 is 1. The summed E-state index contributed by atoms with van der Waals surface area (Å²) in [5.74, 6) is 0.816. The first kappa shape index (κ1) is 12.8. The van der Waals surface area contributed by atoms with Crippen LogP contribution >= 0.6 is 12.2 Å². The van der Waals surface area contributed by atoms with Crippen molar-refractivity contribution in [2.75, 3.05) is 12.4 Å². The van der Waals surface area contributed by atoms with Crippen LogP contribution in [-0.2, 0) is 0 Å². The van der Waals surface area contributed by atoms with Crippen LogP contribution < -0.4 is 15.4 Å². The van der Waals surface area contributed by atoms with Crippen molar-refractivity contribution in [1.29, 1.82) is 0 Å². The fourth-order valence-corrected chi connectivity index (χ4v) is 1.51. The van der Waals surface area contributed by atoms with Gasteiger partial charge in [-0.3, -0.25) is 0 Å². The Labute approximate surface area is 102 Å². The molecule has 88 valence electrons. The van der Waals surface area contributed by atoms with E-state index in [0.717, 1.165) is 17.9 Å². The van der Waals surface area contributed by atoms with Gasteiger partial charge in [-0.05, 0) is 37.7 Å². The SMILES string of the molecule is CCC(C)NC(=S)Nc1cccc(OC)c1. The van der Waals surface area contributed by atoms with E-state index in [1.165, 1.54) is 0 Å². The van der Waals surface area contributed by atoms with Crippen LogP contribution in [0.3, 0.4) is 0 Å². The van der Waals surface area contributed by atoms with Gasteiger partial charge in [0.15, 0.2) is 5.11 Å². The van der Waals surface area contributed by atoms with Crippen LogP contribution in [0.25, 0.3) is 0 Å². The second-order valence-electron chi connectivity index (χ2n) is 3.64. The average molecular weight is 238 g/mol. The smallest absolute Gasteiger partial charge is 0.170 e. The van der Waals surface area contributed by atoms with Gasteiger partial charge in [0.05, 0.1) is 7.11 Å². The number of nitrogens with one attached hydrogen (secondary N) is 2. The topological polar surface area (TPSA) is 33.3 Å². The van der Waals surface area contributed by atoms with Crippen molar-refractivity contribution in [1.82, 2.24) is 5.32 Å². The van der Waals surface area contributed by atoms with E-state index < -0.39 is 0 Å². The molecular weight excluding hydrogens is 220 g/mol. The monoisotopic (exact) mass is 238 g/mol. The molecule has 0 bridgehead atoms. The zero-order chi connectivity index (χ0) is 12.0. The molecule has 1 rings (SSSR count). The molecule has 0 radical (unpaired) electrons. The van der Waals surface area contributed by atoms with Crippen molar-refractivity contribution in [3.8, 4) is 5.75 Å². The van der Waals surface area contributed by atoms with Crippen molar-refractivity contribution < 1.29 is 4.74 Å². The van der Waals surface area contributed by atoms with E-state index in [1.54, 1.807) is 7.11 Å². The summed E-state index contributed by atoms with van der Waals surface area (Å²) in [5, 5.41) is 6.96. The Kier molecular flexibility index (Phi) is 5.05. The predicted molar refractivity (Wildman–Crippen MR) is 72.1 cm³/mol. The molecule has 16 heavy (non-hydrogen) atoms. The third-order valence-corrected chi connectivity index (χ3v) is 2.54. The van der Waals surface area contributed by atoms with E-state index in [0.29, 0.717) is 11.2 Å². The second kappa shape index (κ2) is 6.33. The van der Waals surface area contributed by atoms with Crippen molar-refractivity contribution in [2.45, 2.75) is 26.3 Å². The number of rotatable bonds is 4. The van der Waals surface area contributed by atoms with Crippen molar-refractivity contribution >= 4 is 23.0 Å². The quantitative estimate of drug-likeness (QED) is 0.790. The van der Waals surface area contributed by atoms with E-state index >= 15 is 0 Å². The van der Waals surface area contributed by atoms with Gasteiger partial charge in [-0.1, -0.05) is 13.0 Å². The maximum absolute atomic E-state index is 5.20. The molecule has 0 amide bonds. The summed E-state index contributed by atoms with van der Waals surface area (Å²) in [6.07, 6.45) is 1.04. The molecule has 1 aromatic rings. The van der Waals surface area contributed by atoms with Gasteiger partial charge in [0.1, 0.15) is 5.75 Å². The lowest BCUT2D eigenvalue weighted by Gasteiger charge is -2.15. The lowest BCUT2D eigenvalue weighted by Crippen LogP contribution is -2.35. The fraction of sp³-hybridized carbons (Fsp3) is 0.417. The van der Waals surface area contributed by atoms with Gasteiger partial charge in [0, 0.05) is 17.8 Å². The largest absolute Gasteiger partial charge is 0.497 e. The Morgan fingerprint density at radius 1 is 1.50 bits per heavy atom. The van der Waals surface area contributed by atoms with Crippen LogP contribution in [-0.4, -0.2) is 18.3 Å². The van der Waals surface area contributed by atoms with Gasteiger partial charge in [0.2, 0.25) is 0 Å². The Morgan fingerprint density at radius 2 is 2.25 bits per heavy atom. The highest BCUT2D eigenvalue weighted by Gasteiger charge is 2.02. The first-order valence-electron chi connectivity index (χ1n) is 5.37. The van der Waals surface area contributed by atoms with Gasteiger partial charge < -0.3 is 15.4 Å². The summed E-state index contributed by atoms with van der Waals surface area (Å²) >= 11 is 5.20. The van der Waals surface area contributed by atoms with E-state index in [2.05, 4.69) is 24.5 Å². The third kappa shape index (κ3) is 4.06. The molecule has 0 aliphatic carbocycles. The van der Waals surface area contributed by atoms with Crippen molar-refractivity contribution in [3.05, 3.63) is 24.3 Å². The normalized spacial score (nSPS) is 11.7. The molecule has 0 fully saturated rings. The molecule has 0 aliphatic heterocycles. The molecule has 0 spiro atoms. The van der Waals surface area contributed by atoms with Crippen LogP contribution in [0, 0.1) is 0 Å². The molecule has 3 nitrogen and oxygen atoms in total. The molecule has 1 unspecified atom stereocenters. The molecule has 0 aliphatic rings. The maximum atomic E-state index is 5.20. The minimum atomic E-state index is 0.380. The standard InChI is InChI=1S/C12H18N2OS/c1-4-9(2)13-12(16)14-10-6-5-7-11(8-10)15-3/h5-9H,4H2,1-3H3,(H2,13,14,16). The molecule has 4 heteroatoms. The lowest BCUT2D eigenvalue weighted by molar-refractivity contribution is 0.415. The Bertz CT molecular complexity index is 355. The number of hydrogen-bond donors (Lipinski definition) is 2. The predicted octanol–water partition coefficient (Wildman–Crippen LogP) is 2.78. The zero-order valence-electron chi connectivity index (χ0n) is 9.91. The molecule has 2 N–H and O–H groups in total. The van der Waals surface area contributed by atoms with E-state index in [4.69, 9.17) is 17.0 Å². The molecule has 1 aromatic carbocycles. The minimum Gasteiger partial charge on any atom is -0.497 e. The molecule has 0 aromatic heterocycles. The highest BCUT2D eigenvalue weighted by molar-refractivity contribution is 7.80. The average Bonchev–Trinajstić information content (AvgIpc) is 2.28. The molecule has 1 atom stereocenters. The van der Waals surface area contributed by atoms with E-state index in [-0.39, 0.29) is 0 Å². The summed E-state index contributed by atoms with van der Waals surface area (Å²) in [6.45, 7) is 4.21. The summed E-state index contributed by atoms with van der Waals surface area (Å²) in [5.41, 5.74) is 0.931. The van der Waals surface area contributed by atoms with Crippen LogP contribution in [0.2, 0.25) is 0 Å². The fourth-order valence-electron chi connectivity index (χ4n) is 1.19. The third-order valence-electron chi connectivity index (χ3n) is 2.32. The van der Waals surface area contributed by atoms with E-state index in [9.17, 15) is 0 Å². The van der Waals surface area contributed by atoms with Gasteiger partial charge in [-0.2, -0.15) is 0 Å². The number of hydrogen-bond acceptors (Lipinski definition) is 2. The first-order valence-corrected chi connectivity index (χ1v) is 5.78. The lowest BCUT2D eigenvalue weighted by atomic mass is 10.3. The van der Waals surface area contributed by atoms with E-state index in [1.807, 2.05) is 24.3 Å². The Hall–Kier alpha value is -1.29. The number of anilines is 1. The molecule has 0 heterocycles. The number of benzene rings is 1. The molecule has 0 saturated carbocycles. The maximum Gasteiger partial charge on any atom is 0.170 e. The van der Waals surface area contributed by atoms with Gasteiger partial charge in [-0.25, -0.2) is 0 Å². The Balaban J connectivity index is 2.55. The number of thiocarbonyl (C=S) groups is 1. The first-order chi connectivity index (χ1) is 7.65. The highest BCUT2D eigenvalue weighted by Crippen LogP contribution is 2.16. The number of ether oxygens (including phenoxy) is 1. The highest BCUT2D eigenvalue weighted by atomic mass is 32.1.